The van der Waals surface area contributed by atoms with E-state index >= 15 is 0 Å². The van der Waals surface area contributed by atoms with Gasteiger partial charge in [-0.2, -0.15) is 0 Å². The quantitative estimate of drug-likeness (QED) is 0.814. The first-order chi connectivity index (χ1) is 9.12. The van der Waals surface area contributed by atoms with E-state index in [1.54, 1.807) is 19.2 Å². The smallest absolute Gasteiger partial charge is 0.227 e. The van der Waals surface area contributed by atoms with Crippen LogP contribution in [0, 0.1) is 17.8 Å². The van der Waals surface area contributed by atoms with Gasteiger partial charge in [0, 0.05) is 11.5 Å². The molecule has 3 N–H and O–H groups in total. The number of benzene rings is 1. The van der Waals surface area contributed by atoms with Gasteiger partial charge in [0.25, 0.3) is 0 Å². The summed E-state index contributed by atoms with van der Waals surface area (Å²) in [5.74, 6) is 6.27. The lowest BCUT2D eigenvalue weighted by Crippen LogP contribution is -2.20. The third-order valence-electron chi connectivity index (χ3n) is 2.85. The maximum absolute atomic E-state index is 11.9. The zero-order chi connectivity index (χ0) is 14.3. The molecule has 1 amide bonds. The molecule has 4 nitrogen and oxygen atoms in total. The van der Waals surface area contributed by atoms with Gasteiger partial charge in [-0.1, -0.05) is 25.7 Å². The van der Waals surface area contributed by atoms with E-state index in [9.17, 15) is 4.79 Å². The predicted octanol–water partition coefficient (Wildman–Crippen LogP) is 1.99. The highest BCUT2D eigenvalue weighted by molar-refractivity contribution is 5.93. The third-order valence-corrected chi connectivity index (χ3v) is 2.85. The number of carbonyl (C=O) groups excluding carboxylic acids is 1. The van der Waals surface area contributed by atoms with Gasteiger partial charge in [0.2, 0.25) is 5.91 Å². The van der Waals surface area contributed by atoms with Gasteiger partial charge in [0.1, 0.15) is 5.75 Å². The monoisotopic (exact) mass is 260 g/mol. The summed E-state index contributed by atoms with van der Waals surface area (Å²) < 4.78 is 5.23. The fourth-order valence-corrected chi connectivity index (χ4v) is 1.48. The van der Waals surface area contributed by atoms with Gasteiger partial charge >= 0.3 is 0 Å². The Morgan fingerprint density at radius 3 is 2.84 bits per heavy atom. The van der Waals surface area contributed by atoms with E-state index in [4.69, 9.17) is 10.5 Å². The number of hydrogen-bond acceptors (Lipinski definition) is 3. The predicted molar refractivity (Wildman–Crippen MR) is 77.0 cm³/mol. The maximum Gasteiger partial charge on any atom is 0.227 e. The molecule has 1 aromatic rings. The van der Waals surface area contributed by atoms with E-state index in [0.717, 1.165) is 12.0 Å². The minimum absolute atomic E-state index is 0.0234. The highest BCUT2D eigenvalue weighted by Gasteiger charge is 2.13. The summed E-state index contributed by atoms with van der Waals surface area (Å²) >= 11 is 0. The Labute approximate surface area is 114 Å². The molecule has 102 valence electrons. The minimum atomic E-state index is -0.0384. The maximum atomic E-state index is 11.9. The summed E-state index contributed by atoms with van der Waals surface area (Å²) in [6, 6.07) is 5.41. The minimum Gasteiger partial charge on any atom is -0.495 e. The molecule has 1 atom stereocenters. The number of anilines is 1. The molecule has 0 spiro atoms. The number of carbonyl (C=O) groups is 1. The van der Waals surface area contributed by atoms with Crippen LogP contribution in [-0.4, -0.2) is 19.6 Å². The van der Waals surface area contributed by atoms with Crippen LogP contribution in [0.15, 0.2) is 18.2 Å². The van der Waals surface area contributed by atoms with E-state index in [2.05, 4.69) is 17.2 Å². The van der Waals surface area contributed by atoms with Crippen LogP contribution in [0.4, 0.5) is 5.69 Å². The Balaban J connectivity index is 2.99. The molecule has 0 bridgehead atoms. The van der Waals surface area contributed by atoms with Gasteiger partial charge in [0.05, 0.1) is 19.3 Å². The van der Waals surface area contributed by atoms with E-state index < -0.39 is 0 Å². The number of methoxy groups -OCH3 is 1. The molecule has 0 heterocycles. The zero-order valence-corrected chi connectivity index (χ0v) is 11.6. The second-order valence-corrected chi connectivity index (χ2v) is 4.22. The Morgan fingerprint density at radius 2 is 2.26 bits per heavy atom. The van der Waals surface area contributed by atoms with Crippen molar-refractivity contribution in [3.8, 4) is 17.6 Å². The van der Waals surface area contributed by atoms with Crippen LogP contribution in [0.2, 0.25) is 0 Å². The molecular formula is C15H20N2O2. The highest BCUT2D eigenvalue weighted by atomic mass is 16.5. The Kier molecular flexibility index (Phi) is 5.91. The number of nitrogens with two attached hydrogens (primary N) is 1. The number of amides is 1. The van der Waals surface area contributed by atoms with Crippen LogP contribution in [0.25, 0.3) is 0 Å². The molecule has 19 heavy (non-hydrogen) atoms. The lowest BCUT2D eigenvalue weighted by Gasteiger charge is -2.13. The van der Waals surface area contributed by atoms with Gasteiger partial charge in [-0.25, -0.2) is 0 Å². The summed E-state index contributed by atoms with van der Waals surface area (Å²) in [6.07, 6.45) is 0.792. The fraction of sp³-hybridized carbons (Fsp3) is 0.400. The van der Waals surface area contributed by atoms with Crippen molar-refractivity contribution in [1.82, 2.24) is 0 Å². The van der Waals surface area contributed by atoms with E-state index in [1.165, 1.54) is 0 Å². The van der Waals surface area contributed by atoms with Crippen LogP contribution in [0.5, 0.6) is 5.75 Å². The van der Waals surface area contributed by atoms with Gasteiger partial charge in [-0.05, 0) is 24.6 Å². The number of hydrogen-bond donors (Lipinski definition) is 2. The van der Waals surface area contributed by atoms with Crippen LogP contribution >= 0.6 is 0 Å². The molecule has 1 aromatic carbocycles. The van der Waals surface area contributed by atoms with Crippen molar-refractivity contribution in [2.24, 2.45) is 11.7 Å². The molecule has 0 saturated heterocycles. The van der Waals surface area contributed by atoms with Gasteiger partial charge < -0.3 is 15.8 Å². The first-order valence-corrected chi connectivity index (χ1v) is 6.30. The molecule has 4 heteroatoms. The lowest BCUT2D eigenvalue weighted by atomic mass is 10.1. The van der Waals surface area contributed by atoms with Crippen LogP contribution < -0.4 is 15.8 Å². The fourth-order valence-electron chi connectivity index (χ4n) is 1.48. The van der Waals surface area contributed by atoms with Crippen molar-refractivity contribution in [3.05, 3.63) is 23.8 Å². The van der Waals surface area contributed by atoms with Crippen LogP contribution in [-0.2, 0) is 4.79 Å². The van der Waals surface area contributed by atoms with E-state index in [-0.39, 0.29) is 11.8 Å². The summed E-state index contributed by atoms with van der Waals surface area (Å²) in [7, 11) is 1.57. The topological polar surface area (TPSA) is 64.4 Å². The van der Waals surface area contributed by atoms with E-state index in [1.807, 2.05) is 19.9 Å². The van der Waals surface area contributed by atoms with Gasteiger partial charge in [-0.3, -0.25) is 4.79 Å². The normalized spacial score (nSPS) is 11.2. The van der Waals surface area contributed by atoms with Crippen LogP contribution in [0.1, 0.15) is 25.8 Å². The van der Waals surface area contributed by atoms with Crippen molar-refractivity contribution < 1.29 is 9.53 Å². The lowest BCUT2D eigenvalue weighted by molar-refractivity contribution is -0.119. The molecule has 0 aliphatic heterocycles. The average Bonchev–Trinajstić information content (AvgIpc) is 2.44. The second-order valence-electron chi connectivity index (χ2n) is 4.22. The molecule has 1 unspecified atom stereocenters. The molecule has 0 radical (unpaired) electrons. The molecule has 0 aliphatic rings. The summed E-state index contributed by atoms with van der Waals surface area (Å²) in [4.78, 5) is 11.9. The van der Waals surface area contributed by atoms with Crippen molar-refractivity contribution in [2.75, 3.05) is 19.0 Å². The van der Waals surface area contributed by atoms with Crippen molar-refractivity contribution in [1.29, 1.82) is 0 Å². The number of nitrogens with one attached hydrogen (secondary N) is 1. The third kappa shape index (κ3) is 4.31. The molecular weight excluding hydrogens is 240 g/mol. The summed E-state index contributed by atoms with van der Waals surface area (Å²) in [6.45, 7) is 4.17. The Morgan fingerprint density at radius 1 is 1.53 bits per heavy atom. The van der Waals surface area contributed by atoms with Crippen molar-refractivity contribution in [3.63, 3.8) is 0 Å². The SMILES string of the molecule is CCC(C)C(=O)Nc1cc(C#CCN)ccc1OC. The molecule has 1 rings (SSSR count). The standard InChI is InChI=1S/C15H20N2O2/c1-4-11(2)15(18)17-13-10-12(6-5-9-16)7-8-14(13)19-3/h7-8,10-11H,4,9,16H2,1-3H3,(H,17,18). The van der Waals surface area contributed by atoms with Crippen molar-refractivity contribution in [2.45, 2.75) is 20.3 Å². The second kappa shape index (κ2) is 7.45. The summed E-state index contributed by atoms with van der Waals surface area (Å²) in [5, 5.41) is 2.87. The average molecular weight is 260 g/mol. The highest BCUT2D eigenvalue weighted by Crippen LogP contribution is 2.25. The molecule has 0 saturated carbocycles. The van der Waals surface area contributed by atoms with E-state index in [0.29, 0.717) is 18.0 Å². The van der Waals surface area contributed by atoms with Gasteiger partial charge in [0.15, 0.2) is 0 Å². The zero-order valence-electron chi connectivity index (χ0n) is 11.6. The number of rotatable bonds is 4. The van der Waals surface area contributed by atoms with Gasteiger partial charge in [-0.15, -0.1) is 0 Å². The summed E-state index contributed by atoms with van der Waals surface area (Å²) in [5.41, 5.74) is 6.77. The first kappa shape index (κ1) is 15.1. The van der Waals surface area contributed by atoms with Crippen LogP contribution in [0.3, 0.4) is 0 Å². The Bertz CT molecular complexity index is 501. The first-order valence-electron chi connectivity index (χ1n) is 6.30. The molecule has 0 fully saturated rings. The Hall–Kier alpha value is -1.99. The van der Waals surface area contributed by atoms with Crippen molar-refractivity contribution >= 4 is 11.6 Å². The molecule has 0 aromatic heterocycles. The largest absolute Gasteiger partial charge is 0.495 e. The molecule has 0 aliphatic carbocycles. The number of ether oxygens (including phenoxy) is 1.